The Kier molecular flexibility index (Phi) is 6.46. The lowest BCUT2D eigenvalue weighted by Crippen LogP contribution is -2.24. The van der Waals surface area contributed by atoms with E-state index in [1.54, 1.807) is 31.5 Å². The van der Waals surface area contributed by atoms with Gasteiger partial charge in [0.2, 0.25) is 10.0 Å². The van der Waals surface area contributed by atoms with Gasteiger partial charge in [-0.2, -0.15) is 4.72 Å². The monoisotopic (exact) mass is 384 g/mol. The molecular weight excluding hydrogens is 371 g/mol. The number of hydrogen-bond acceptors (Lipinski definition) is 4. The van der Waals surface area contributed by atoms with E-state index < -0.39 is 10.0 Å². The minimum absolute atomic E-state index is 0.0283. The van der Waals surface area contributed by atoms with Gasteiger partial charge in [0.1, 0.15) is 17.3 Å². The van der Waals surface area contributed by atoms with Crippen LogP contribution < -0.4 is 9.46 Å². The predicted molar refractivity (Wildman–Crippen MR) is 93.9 cm³/mol. The van der Waals surface area contributed by atoms with Gasteiger partial charge in [0.05, 0.1) is 17.8 Å². The van der Waals surface area contributed by atoms with Crippen LogP contribution in [0.15, 0.2) is 41.6 Å². The van der Waals surface area contributed by atoms with Gasteiger partial charge in [-0.05, 0) is 36.8 Å². The Labute approximate surface area is 151 Å². The van der Waals surface area contributed by atoms with E-state index in [0.717, 1.165) is 0 Å². The maximum absolute atomic E-state index is 12.2. The lowest BCUT2D eigenvalue weighted by Gasteiger charge is -2.08. The highest BCUT2D eigenvalue weighted by Crippen LogP contribution is 2.27. The normalized spacial score (nSPS) is 10.8. The van der Waals surface area contributed by atoms with E-state index >= 15 is 0 Å². The van der Waals surface area contributed by atoms with E-state index in [4.69, 9.17) is 27.9 Å². The number of pyridine rings is 1. The van der Waals surface area contributed by atoms with Crippen LogP contribution in [0.4, 0.5) is 0 Å². The third-order valence-electron chi connectivity index (χ3n) is 2.92. The Morgan fingerprint density at radius 2 is 2.04 bits per heavy atom. The number of hydrogen-bond donors (Lipinski definition) is 1. The first kappa shape index (κ1) is 18.6. The Morgan fingerprint density at radius 1 is 1.25 bits per heavy atom. The average molecular weight is 385 g/mol. The first-order chi connectivity index (χ1) is 11.4. The Hall–Kier alpha value is -1.78. The molecule has 0 saturated heterocycles. The van der Waals surface area contributed by atoms with E-state index in [0.29, 0.717) is 16.3 Å². The summed E-state index contributed by atoms with van der Waals surface area (Å²) >= 11 is 11.9. The zero-order valence-electron chi connectivity index (χ0n) is 12.7. The number of aryl methyl sites for hydroxylation is 1. The van der Waals surface area contributed by atoms with E-state index in [1.807, 2.05) is 0 Å². The van der Waals surface area contributed by atoms with Gasteiger partial charge in [0, 0.05) is 11.2 Å². The average Bonchev–Trinajstić information content (AvgIpc) is 2.55. The maximum Gasteiger partial charge on any atom is 0.242 e. The lowest BCUT2D eigenvalue weighted by atomic mass is 10.2. The number of benzene rings is 1. The van der Waals surface area contributed by atoms with Crippen molar-refractivity contribution in [1.29, 1.82) is 0 Å². The molecule has 0 amide bonds. The summed E-state index contributed by atoms with van der Waals surface area (Å²) in [5.74, 6) is 5.98. The molecule has 1 aromatic heterocycles. The molecule has 24 heavy (non-hydrogen) atoms. The van der Waals surface area contributed by atoms with Crippen molar-refractivity contribution in [2.24, 2.45) is 0 Å². The quantitative estimate of drug-likeness (QED) is 0.804. The fourth-order valence-electron chi connectivity index (χ4n) is 1.71. The Balaban J connectivity index is 1.92. The van der Waals surface area contributed by atoms with Gasteiger partial charge in [0.15, 0.2) is 0 Å². The zero-order valence-corrected chi connectivity index (χ0v) is 15.0. The largest absolute Gasteiger partial charge is 0.479 e. The minimum atomic E-state index is -3.76. The minimum Gasteiger partial charge on any atom is -0.479 e. The zero-order chi connectivity index (χ0) is 17.6. The summed E-state index contributed by atoms with van der Waals surface area (Å²) in [5, 5.41) is 0.470. The standard InChI is InChI=1S/C16H14Cl2N2O3S/c1-12-9-16(15(18)10-14(12)17)24(21,22)20-7-2-3-8-23-13-5-4-6-19-11-13/h4-6,9-11,20H,7-8H2,1H3. The Morgan fingerprint density at radius 3 is 2.75 bits per heavy atom. The molecule has 0 aliphatic rings. The molecule has 8 heteroatoms. The summed E-state index contributed by atoms with van der Waals surface area (Å²) in [6, 6.07) is 6.32. The van der Waals surface area contributed by atoms with Crippen molar-refractivity contribution in [3.05, 3.63) is 52.3 Å². The van der Waals surface area contributed by atoms with Gasteiger partial charge >= 0.3 is 0 Å². The summed E-state index contributed by atoms with van der Waals surface area (Å²) in [4.78, 5) is 3.87. The molecule has 0 aliphatic carbocycles. The van der Waals surface area contributed by atoms with Crippen LogP contribution >= 0.6 is 23.2 Å². The molecule has 0 unspecified atom stereocenters. The van der Waals surface area contributed by atoms with E-state index in [2.05, 4.69) is 21.5 Å². The highest BCUT2D eigenvalue weighted by Gasteiger charge is 2.18. The summed E-state index contributed by atoms with van der Waals surface area (Å²) in [6.45, 7) is 1.78. The van der Waals surface area contributed by atoms with Crippen LogP contribution in [0.3, 0.4) is 0 Å². The van der Waals surface area contributed by atoms with Crippen LogP contribution in [-0.4, -0.2) is 26.6 Å². The summed E-state index contributed by atoms with van der Waals surface area (Å²) in [6.07, 6.45) is 3.20. The summed E-state index contributed by atoms with van der Waals surface area (Å²) in [5.41, 5.74) is 0.623. The fourth-order valence-corrected chi connectivity index (χ4v) is 3.46. The molecule has 2 aromatic rings. The number of ether oxygens (including phenoxy) is 1. The molecule has 1 N–H and O–H groups in total. The van der Waals surface area contributed by atoms with Crippen molar-refractivity contribution >= 4 is 33.2 Å². The maximum atomic E-state index is 12.2. The second kappa shape index (κ2) is 8.36. The first-order valence-electron chi connectivity index (χ1n) is 6.84. The molecule has 0 radical (unpaired) electrons. The molecule has 1 aromatic carbocycles. The first-order valence-corrected chi connectivity index (χ1v) is 9.08. The van der Waals surface area contributed by atoms with Gasteiger partial charge in [-0.1, -0.05) is 35.0 Å². The van der Waals surface area contributed by atoms with Crippen molar-refractivity contribution in [3.63, 3.8) is 0 Å². The molecule has 0 bridgehead atoms. The molecule has 0 spiro atoms. The van der Waals surface area contributed by atoms with E-state index in [1.165, 1.54) is 12.1 Å². The highest BCUT2D eigenvalue weighted by molar-refractivity contribution is 7.89. The van der Waals surface area contributed by atoms with E-state index in [-0.39, 0.29) is 23.1 Å². The molecule has 126 valence electrons. The number of nitrogens with one attached hydrogen (secondary N) is 1. The number of rotatable bonds is 5. The SMILES string of the molecule is Cc1cc(S(=O)(=O)NCC#CCOc2cccnc2)c(Cl)cc1Cl. The van der Waals surface area contributed by atoms with Gasteiger partial charge in [0.25, 0.3) is 0 Å². The summed E-state index contributed by atoms with van der Waals surface area (Å²) < 4.78 is 32.1. The predicted octanol–water partition coefficient (Wildman–Crippen LogP) is 3.06. The third-order valence-corrected chi connectivity index (χ3v) is 5.20. The van der Waals surface area contributed by atoms with Crippen molar-refractivity contribution in [3.8, 4) is 17.6 Å². The molecular formula is C16H14Cl2N2O3S. The molecule has 0 fully saturated rings. The molecule has 1 heterocycles. The molecule has 0 aliphatic heterocycles. The van der Waals surface area contributed by atoms with Crippen LogP contribution in [0.2, 0.25) is 10.0 Å². The van der Waals surface area contributed by atoms with Crippen molar-refractivity contribution in [2.75, 3.05) is 13.2 Å². The van der Waals surface area contributed by atoms with Crippen LogP contribution in [0, 0.1) is 18.8 Å². The Bertz CT molecular complexity index is 875. The topological polar surface area (TPSA) is 68.3 Å². The van der Waals surface area contributed by atoms with Gasteiger partial charge < -0.3 is 4.74 Å². The van der Waals surface area contributed by atoms with Crippen molar-refractivity contribution in [1.82, 2.24) is 9.71 Å². The number of sulfonamides is 1. The fraction of sp³-hybridized carbons (Fsp3) is 0.188. The smallest absolute Gasteiger partial charge is 0.242 e. The van der Waals surface area contributed by atoms with Gasteiger partial charge in [-0.3, -0.25) is 4.98 Å². The van der Waals surface area contributed by atoms with Crippen LogP contribution in [-0.2, 0) is 10.0 Å². The molecule has 0 saturated carbocycles. The van der Waals surface area contributed by atoms with Crippen molar-refractivity contribution in [2.45, 2.75) is 11.8 Å². The number of aromatic nitrogens is 1. The number of nitrogens with zero attached hydrogens (tertiary/aromatic N) is 1. The molecule has 5 nitrogen and oxygen atoms in total. The van der Waals surface area contributed by atoms with Crippen LogP contribution in [0.1, 0.15) is 5.56 Å². The lowest BCUT2D eigenvalue weighted by molar-refractivity contribution is 0.368. The second-order valence-corrected chi connectivity index (χ2v) is 7.24. The molecule has 0 atom stereocenters. The second-order valence-electron chi connectivity index (χ2n) is 4.69. The van der Waals surface area contributed by atoms with Crippen LogP contribution in [0.25, 0.3) is 0 Å². The van der Waals surface area contributed by atoms with E-state index in [9.17, 15) is 8.42 Å². The molecule has 2 rings (SSSR count). The van der Waals surface area contributed by atoms with Crippen molar-refractivity contribution < 1.29 is 13.2 Å². The highest BCUT2D eigenvalue weighted by atomic mass is 35.5. The van der Waals surface area contributed by atoms with Gasteiger partial charge in [-0.15, -0.1) is 0 Å². The van der Waals surface area contributed by atoms with Crippen LogP contribution in [0.5, 0.6) is 5.75 Å². The van der Waals surface area contributed by atoms with Gasteiger partial charge in [-0.25, -0.2) is 8.42 Å². The third kappa shape index (κ3) is 5.11. The summed E-state index contributed by atoms with van der Waals surface area (Å²) in [7, 11) is -3.76. The number of halogens is 2.